The lowest BCUT2D eigenvalue weighted by Gasteiger charge is -2.16. The molecule has 7 heteroatoms. The average molecular weight is 317 g/mol. The number of hydrogen-bond acceptors (Lipinski definition) is 4. The highest BCUT2D eigenvalue weighted by molar-refractivity contribution is 5.95. The van der Waals surface area contributed by atoms with Crippen LogP contribution in [0.25, 0.3) is 0 Å². The normalized spacial score (nSPS) is 20.8. The Morgan fingerprint density at radius 3 is 3.09 bits per heavy atom. The summed E-state index contributed by atoms with van der Waals surface area (Å²) in [5.41, 5.74) is 1.80. The minimum absolute atomic E-state index is 0.0285. The molecule has 1 amide bonds. The van der Waals surface area contributed by atoms with Crippen molar-refractivity contribution < 1.29 is 9.53 Å². The molecule has 0 radical (unpaired) electrons. The third-order valence-electron chi connectivity index (χ3n) is 4.39. The van der Waals surface area contributed by atoms with Crippen molar-refractivity contribution in [1.82, 2.24) is 25.1 Å². The molecule has 2 aromatic heterocycles. The molecular weight excluding hydrogens is 294 g/mol. The Kier molecular flexibility index (Phi) is 4.47. The molecule has 124 valence electrons. The largest absolute Gasteiger partial charge is 0.370 e. The van der Waals surface area contributed by atoms with E-state index >= 15 is 0 Å². The van der Waals surface area contributed by atoms with Crippen LogP contribution in [-0.4, -0.2) is 38.8 Å². The van der Waals surface area contributed by atoms with E-state index in [1.165, 1.54) is 0 Å². The summed E-state index contributed by atoms with van der Waals surface area (Å²) >= 11 is 0. The van der Waals surface area contributed by atoms with E-state index < -0.39 is 0 Å². The SMILES string of the molecule is CCc1c(C(=O)NC[C@@H]2CCO[C@@H]2c2n[nH]c(C)n2)ccn1C. The predicted molar refractivity (Wildman–Crippen MR) is 85.0 cm³/mol. The second-order valence-corrected chi connectivity index (χ2v) is 5.97. The Bertz CT molecular complexity index is 690. The van der Waals surface area contributed by atoms with Crippen molar-refractivity contribution in [2.45, 2.75) is 32.8 Å². The summed E-state index contributed by atoms with van der Waals surface area (Å²) in [5.74, 6) is 1.62. The molecule has 3 heterocycles. The van der Waals surface area contributed by atoms with Crippen LogP contribution in [0.3, 0.4) is 0 Å². The van der Waals surface area contributed by atoms with Crippen LogP contribution in [0, 0.1) is 12.8 Å². The molecule has 0 saturated carbocycles. The molecule has 0 unspecified atom stereocenters. The number of nitrogens with one attached hydrogen (secondary N) is 2. The number of H-pyrrole nitrogens is 1. The Hall–Kier alpha value is -2.15. The number of aromatic amines is 1. The monoisotopic (exact) mass is 317 g/mol. The fourth-order valence-electron chi connectivity index (χ4n) is 3.14. The Balaban J connectivity index is 1.64. The highest BCUT2D eigenvalue weighted by Crippen LogP contribution is 2.32. The highest BCUT2D eigenvalue weighted by Gasteiger charge is 2.33. The molecule has 7 nitrogen and oxygen atoms in total. The van der Waals surface area contributed by atoms with Gasteiger partial charge in [-0.05, 0) is 25.8 Å². The standard InChI is InChI=1S/C16H23N5O2/c1-4-13-12(5-7-21(13)3)16(22)17-9-11-6-8-23-14(11)15-18-10(2)19-20-15/h5,7,11,14H,4,6,8-9H2,1-3H3,(H,17,22)(H,18,19,20)/t11-,14-/m0/s1. The summed E-state index contributed by atoms with van der Waals surface area (Å²) in [6.07, 6.45) is 3.50. The van der Waals surface area contributed by atoms with Crippen molar-refractivity contribution >= 4 is 5.91 Å². The fourth-order valence-corrected chi connectivity index (χ4v) is 3.14. The summed E-state index contributed by atoms with van der Waals surface area (Å²) in [6.45, 7) is 5.15. The molecule has 3 rings (SSSR count). The van der Waals surface area contributed by atoms with Gasteiger partial charge in [0.25, 0.3) is 5.91 Å². The molecule has 0 spiro atoms. The summed E-state index contributed by atoms with van der Waals surface area (Å²) in [4.78, 5) is 16.8. The molecule has 1 aliphatic rings. The van der Waals surface area contributed by atoms with Crippen LogP contribution in [-0.2, 0) is 18.2 Å². The van der Waals surface area contributed by atoms with Crippen LogP contribution >= 0.6 is 0 Å². The van der Waals surface area contributed by atoms with Gasteiger partial charge >= 0.3 is 0 Å². The maximum absolute atomic E-state index is 12.4. The Labute approximate surface area is 135 Å². The molecule has 2 atom stereocenters. The maximum Gasteiger partial charge on any atom is 0.253 e. The van der Waals surface area contributed by atoms with Crippen molar-refractivity contribution in [2.24, 2.45) is 13.0 Å². The zero-order chi connectivity index (χ0) is 16.4. The first-order chi connectivity index (χ1) is 11.1. The van der Waals surface area contributed by atoms with Crippen LogP contribution in [0.2, 0.25) is 0 Å². The van der Waals surface area contributed by atoms with Crippen molar-refractivity contribution in [3.63, 3.8) is 0 Å². The molecule has 0 aliphatic carbocycles. The van der Waals surface area contributed by atoms with Crippen molar-refractivity contribution in [2.75, 3.05) is 13.2 Å². The number of nitrogens with zero attached hydrogens (tertiary/aromatic N) is 3. The minimum atomic E-state index is -0.151. The molecule has 2 aromatic rings. The number of ether oxygens (including phenoxy) is 1. The van der Waals surface area contributed by atoms with Gasteiger partial charge in [0.1, 0.15) is 11.9 Å². The fraction of sp³-hybridized carbons (Fsp3) is 0.562. The van der Waals surface area contributed by atoms with Gasteiger partial charge < -0.3 is 14.6 Å². The quantitative estimate of drug-likeness (QED) is 0.875. The lowest BCUT2D eigenvalue weighted by molar-refractivity contribution is 0.0798. The van der Waals surface area contributed by atoms with Gasteiger partial charge in [0.05, 0.1) is 5.56 Å². The molecule has 0 aromatic carbocycles. The van der Waals surface area contributed by atoms with E-state index in [9.17, 15) is 4.79 Å². The highest BCUT2D eigenvalue weighted by atomic mass is 16.5. The summed E-state index contributed by atoms with van der Waals surface area (Å²) in [5, 5.41) is 10.1. The van der Waals surface area contributed by atoms with Crippen LogP contribution in [0.15, 0.2) is 12.3 Å². The lowest BCUT2D eigenvalue weighted by atomic mass is 10.0. The smallest absolute Gasteiger partial charge is 0.253 e. The van der Waals surface area contributed by atoms with E-state index in [1.807, 2.05) is 30.8 Å². The maximum atomic E-state index is 12.4. The van der Waals surface area contributed by atoms with E-state index in [0.717, 1.165) is 29.9 Å². The first kappa shape index (κ1) is 15.7. The van der Waals surface area contributed by atoms with Gasteiger partial charge in [-0.1, -0.05) is 6.92 Å². The number of rotatable bonds is 5. The summed E-state index contributed by atoms with van der Waals surface area (Å²) < 4.78 is 7.74. The van der Waals surface area contributed by atoms with E-state index in [4.69, 9.17) is 4.74 Å². The predicted octanol–water partition coefficient (Wildman–Crippen LogP) is 1.52. The number of amides is 1. The van der Waals surface area contributed by atoms with Gasteiger partial charge in [0, 0.05) is 38.0 Å². The number of hydrogen-bond donors (Lipinski definition) is 2. The lowest BCUT2D eigenvalue weighted by Crippen LogP contribution is -2.31. The van der Waals surface area contributed by atoms with E-state index in [1.54, 1.807) is 0 Å². The van der Waals surface area contributed by atoms with Crippen molar-refractivity contribution in [3.8, 4) is 0 Å². The third kappa shape index (κ3) is 3.14. The van der Waals surface area contributed by atoms with Gasteiger partial charge in [-0.2, -0.15) is 5.10 Å². The number of aryl methyl sites for hydroxylation is 2. The van der Waals surface area contributed by atoms with Gasteiger partial charge in [0.2, 0.25) is 0 Å². The second kappa shape index (κ2) is 6.54. The summed E-state index contributed by atoms with van der Waals surface area (Å²) in [7, 11) is 1.96. The molecule has 2 N–H and O–H groups in total. The average Bonchev–Trinajstić information content (AvgIpc) is 3.24. The minimum Gasteiger partial charge on any atom is -0.370 e. The van der Waals surface area contributed by atoms with Gasteiger partial charge in [-0.15, -0.1) is 0 Å². The van der Waals surface area contributed by atoms with Crippen LogP contribution in [0.4, 0.5) is 0 Å². The van der Waals surface area contributed by atoms with Gasteiger partial charge in [-0.3, -0.25) is 9.89 Å². The number of carbonyl (C=O) groups is 1. The molecular formula is C16H23N5O2. The third-order valence-corrected chi connectivity index (χ3v) is 4.39. The van der Waals surface area contributed by atoms with Crippen LogP contribution < -0.4 is 5.32 Å². The number of aromatic nitrogens is 4. The molecule has 1 fully saturated rings. The van der Waals surface area contributed by atoms with E-state index in [-0.39, 0.29) is 17.9 Å². The van der Waals surface area contributed by atoms with Crippen molar-refractivity contribution in [1.29, 1.82) is 0 Å². The van der Waals surface area contributed by atoms with E-state index in [2.05, 4.69) is 27.4 Å². The van der Waals surface area contributed by atoms with Gasteiger partial charge in [-0.25, -0.2) is 4.98 Å². The summed E-state index contributed by atoms with van der Waals surface area (Å²) in [6, 6.07) is 1.87. The Morgan fingerprint density at radius 2 is 2.39 bits per heavy atom. The van der Waals surface area contributed by atoms with E-state index in [0.29, 0.717) is 19.0 Å². The molecule has 1 saturated heterocycles. The first-order valence-electron chi connectivity index (χ1n) is 8.03. The van der Waals surface area contributed by atoms with Gasteiger partial charge in [0.15, 0.2) is 5.82 Å². The zero-order valence-electron chi connectivity index (χ0n) is 13.8. The van der Waals surface area contributed by atoms with Crippen LogP contribution in [0.5, 0.6) is 0 Å². The topological polar surface area (TPSA) is 84.8 Å². The van der Waals surface area contributed by atoms with Crippen LogP contribution in [0.1, 0.15) is 47.1 Å². The molecule has 23 heavy (non-hydrogen) atoms. The number of carbonyl (C=O) groups excluding carboxylic acids is 1. The second-order valence-electron chi connectivity index (χ2n) is 5.97. The van der Waals surface area contributed by atoms with Crippen molar-refractivity contribution in [3.05, 3.63) is 35.2 Å². The Morgan fingerprint density at radius 1 is 1.57 bits per heavy atom. The zero-order valence-corrected chi connectivity index (χ0v) is 13.8. The first-order valence-corrected chi connectivity index (χ1v) is 8.03. The molecule has 0 bridgehead atoms. The molecule has 1 aliphatic heterocycles.